The summed E-state index contributed by atoms with van der Waals surface area (Å²) in [6.07, 6.45) is 6.34. The maximum absolute atomic E-state index is 11.9. The molecule has 0 aromatic rings. The number of fused-ring (bicyclic) bond motifs is 2. The number of hydrogen-bond acceptors (Lipinski definition) is 4. The zero-order chi connectivity index (χ0) is 18.9. The number of amides is 1. The second-order valence-corrected chi connectivity index (χ2v) is 7.96. The molecule has 2 rings (SSSR count). The molecule has 2 fully saturated rings. The number of rotatable bonds is 10. The first-order valence-electron chi connectivity index (χ1n) is 9.92. The summed E-state index contributed by atoms with van der Waals surface area (Å²) in [6.45, 7) is 3.74. The standard InChI is InChI=1S/C19H37N5O2/c1-23(2)18(25)14-21-19(20-8-10-24(3)9-5-11-26-4)22-17-13-15-6-7-16(17)12-15/h15-17H,5-14H2,1-4H3,(H2,20,21,22). The predicted molar refractivity (Wildman–Crippen MR) is 105 cm³/mol. The normalized spacial score (nSPS) is 25.0. The van der Waals surface area contributed by atoms with Crippen LogP contribution in [-0.2, 0) is 9.53 Å². The molecule has 7 nitrogen and oxygen atoms in total. The largest absolute Gasteiger partial charge is 0.385 e. The zero-order valence-electron chi connectivity index (χ0n) is 17.0. The highest BCUT2D eigenvalue weighted by molar-refractivity contribution is 5.85. The Morgan fingerprint density at radius 1 is 1.19 bits per heavy atom. The van der Waals surface area contributed by atoms with Crippen molar-refractivity contribution in [2.45, 2.75) is 38.1 Å². The highest BCUT2D eigenvalue weighted by atomic mass is 16.5. The molecule has 0 spiro atoms. The van der Waals surface area contributed by atoms with Gasteiger partial charge in [-0.25, -0.2) is 4.99 Å². The molecule has 2 aliphatic carbocycles. The van der Waals surface area contributed by atoms with Gasteiger partial charge in [0.2, 0.25) is 5.91 Å². The molecule has 150 valence electrons. The highest BCUT2D eigenvalue weighted by Gasteiger charge is 2.39. The Balaban J connectivity index is 1.80. The molecule has 26 heavy (non-hydrogen) atoms. The number of carbonyl (C=O) groups excluding carboxylic acids is 1. The second kappa shape index (κ2) is 10.7. The van der Waals surface area contributed by atoms with Gasteiger partial charge in [-0.3, -0.25) is 4.79 Å². The van der Waals surface area contributed by atoms with E-state index in [1.54, 1.807) is 26.1 Å². The maximum Gasteiger partial charge on any atom is 0.243 e. The number of hydrogen-bond donors (Lipinski definition) is 2. The molecule has 2 aliphatic rings. The van der Waals surface area contributed by atoms with Crippen molar-refractivity contribution in [1.82, 2.24) is 20.4 Å². The molecule has 0 heterocycles. The fourth-order valence-electron chi connectivity index (χ4n) is 3.99. The van der Waals surface area contributed by atoms with Crippen molar-refractivity contribution >= 4 is 11.9 Å². The summed E-state index contributed by atoms with van der Waals surface area (Å²) in [4.78, 5) is 20.3. The van der Waals surface area contributed by atoms with Crippen LogP contribution in [0.1, 0.15) is 32.1 Å². The lowest BCUT2D eigenvalue weighted by Crippen LogP contribution is -2.47. The van der Waals surface area contributed by atoms with Crippen molar-refractivity contribution in [3.8, 4) is 0 Å². The molecule has 0 aromatic carbocycles. The fourth-order valence-corrected chi connectivity index (χ4v) is 3.99. The third-order valence-electron chi connectivity index (χ3n) is 5.61. The third-order valence-corrected chi connectivity index (χ3v) is 5.61. The lowest BCUT2D eigenvalue weighted by atomic mass is 9.95. The van der Waals surface area contributed by atoms with Gasteiger partial charge in [-0.15, -0.1) is 0 Å². The third kappa shape index (κ3) is 6.76. The molecule has 2 bridgehead atoms. The van der Waals surface area contributed by atoms with Crippen LogP contribution in [0.4, 0.5) is 0 Å². The number of nitrogens with one attached hydrogen (secondary N) is 2. The van der Waals surface area contributed by atoms with E-state index in [2.05, 4.69) is 27.6 Å². The van der Waals surface area contributed by atoms with Gasteiger partial charge in [0, 0.05) is 53.5 Å². The summed E-state index contributed by atoms with van der Waals surface area (Å²) >= 11 is 0. The first-order valence-corrected chi connectivity index (χ1v) is 9.92. The number of guanidine groups is 1. The lowest BCUT2D eigenvalue weighted by molar-refractivity contribution is -0.127. The van der Waals surface area contributed by atoms with Gasteiger partial charge in [0.15, 0.2) is 5.96 Å². The Hall–Kier alpha value is -1.34. The summed E-state index contributed by atoms with van der Waals surface area (Å²) in [5.74, 6) is 2.46. The topological polar surface area (TPSA) is 69.2 Å². The minimum atomic E-state index is 0.0238. The monoisotopic (exact) mass is 367 g/mol. The van der Waals surface area contributed by atoms with Gasteiger partial charge < -0.3 is 25.2 Å². The smallest absolute Gasteiger partial charge is 0.243 e. The lowest BCUT2D eigenvalue weighted by Gasteiger charge is -2.26. The first-order chi connectivity index (χ1) is 12.5. The van der Waals surface area contributed by atoms with E-state index >= 15 is 0 Å². The Morgan fingerprint density at radius 3 is 2.62 bits per heavy atom. The Labute approximate surface area is 158 Å². The van der Waals surface area contributed by atoms with Crippen molar-refractivity contribution < 1.29 is 9.53 Å². The fraction of sp³-hybridized carbons (Fsp3) is 0.895. The minimum absolute atomic E-state index is 0.0238. The first kappa shape index (κ1) is 21.0. The summed E-state index contributed by atoms with van der Waals surface area (Å²) < 4.78 is 5.10. The molecule has 1 amide bonds. The van der Waals surface area contributed by atoms with Crippen LogP contribution < -0.4 is 10.6 Å². The highest BCUT2D eigenvalue weighted by Crippen LogP contribution is 2.44. The second-order valence-electron chi connectivity index (χ2n) is 7.96. The number of carbonyl (C=O) groups is 1. The quantitative estimate of drug-likeness (QED) is 0.339. The molecule has 0 aromatic heterocycles. The van der Waals surface area contributed by atoms with Gasteiger partial charge in [0.25, 0.3) is 0 Å². The maximum atomic E-state index is 11.9. The van der Waals surface area contributed by atoms with E-state index < -0.39 is 0 Å². The van der Waals surface area contributed by atoms with E-state index in [1.165, 1.54) is 25.7 Å². The minimum Gasteiger partial charge on any atom is -0.385 e. The SMILES string of the molecule is COCCCN(C)CCNC(=NCC(=O)N(C)C)NC1CC2CCC1C2. The van der Waals surface area contributed by atoms with E-state index in [0.29, 0.717) is 6.04 Å². The van der Waals surface area contributed by atoms with Crippen molar-refractivity contribution in [1.29, 1.82) is 0 Å². The van der Waals surface area contributed by atoms with E-state index in [4.69, 9.17) is 4.74 Å². The Morgan fingerprint density at radius 2 is 2.00 bits per heavy atom. The Bertz CT molecular complexity index is 469. The van der Waals surface area contributed by atoms with Gasteiger partial charge >= 0.3 is 0 Å². The van der Waals surface area contributed by atoms with Crippen LogP contribution in [0, 0.1) is 11.8 Å². The van der Waals surface area contributed by atoms with E-state index in [-0.39, 0.29) is 12.5 Å². The van der Waals surface area contributed by atoms with Gasteiger partial charge in [-0.05, 0) is 44.6 Å². The van der Waals surface area contributed by atoms with Gasteiger partial charge in [0.1, 0.15) is 6.54 Å². The van der Waals surface area contributed by atoms with Crippen LogP contribution in [0.2, 0.25) is 0 Å². The molecule has 7 heteroatoms. The average Bonchev–Trinajstić information content (AvgIpc) is 3.22. The molecular formula is C19H37N5O2. The van der Waals surface area contributed by atoms with E-state index in [1.807, 2.05) is 0 Å². The number of aliphatic imine (C=N–C) groups is 1. The molecule has 3 atom stereocenters. The van der Waals surface area contributed by atoms with Gasteiger partial charge in [-0.2, -0.15) is 0 Å². The van der Waals surface area contributed by atoms with Crippen molar-refractivity contribution in [2.24, 2.45) is 16.8 Å². The van der Waals surface area contributed by atoms with Crippen molar-refractivity contribution in [3.05, 3.63) is 0 Å². The number of nitrogens with zero attached hydrogens (tertiary/aromatic N) is 3. The number of methoxy groups -OCH3 is 1. The predicted octanol–water partition coefficient (Wildman–Crippen LogP) is 0.767. The van der Waals surface area contributed by atoms with Crippen LogP contribution in [-0.4, -0.2) is 88.7 Å². The Kier molecular flexibility index (Phi) is 8.65. The number of ether oxygens (including phenoxy) is 1. The van der Waals surface area contributed by atoms with Crippen LogP contribution in [0.5, 0.6) is 0 Å². The van der Waals surface area contributed by atoms with Gasteiger partial charge in [-0.1, -0.05) is 6.42 Å². The zero-order valence-corrected chi connectivity index (χ0v) is 17.0. The summed E-state index contributed by atoms with van der Waals surface area (Å²) in [5, 5.41) is 7.01. The summed E-state index contributed by atoms with van der Waals surface area (Å²) in [6, 6.07) is 0.508. The van der Waals surface area contributed by atoms with Crippen LogP contribution in [0.25, 0.3) is 0 Å². The summed E-state index contributed by atoms with van der Waals surface area (Å²) in [5.41, 5.74) is 0. The van der Waals surface area contributed by atoms with Crippen LogP contribution in [0.3, 0.4) is 0 Å². The van der Waals surface area contributed by atoms with Crippen LogP contribution in [0.15, 0.2) is 4.99 Å². The number of likely N-dealkylation sites (N-methyl/N-ethyl adjacent to an activating group) is 2. The van der Waals surface area contributed by atoms with Crippen molar-refractivity contribution in [2.75, 3.05) is 61.0 Å². The van der Waals surface area contributed by atoms with Crippen LogP contribution >= 0.6 is 0 Å². The summed E-state index contributed by atoms with van der Waals surface area (Å²) in [7, 11) is 7.39. The van der Waals surface area contributed by atoms with E-state index in [0.717, 1.165) is 50.5 Å². The van der Waals surface area contributed by atoms with Crippen molar-refractivity contribution in [3.63, 3.8) is 0 Å². The molecule has 0 aliphatic heterocycles. The molecule has 3 unspecified atom stereocenters. The molecule has 0 radical (unpaired) electrons. The molecular weight excluding hydrogens is 330 g/mol. The average molecular weight is 368 g/mol. The van der Waals surface area contributed by atoms with Gasteiger partial charge in [0.05, 0.1) is 0 Å². The molecule has 2 N–H and O–H groups in total. The molecule has 0 saturated heterocycles. The molecule has 2 saturated carbocycles. The van der Waals surface area contributed by atoms with E-state index in [9.17, 15) is 4.79 Å².